The van der Waals surface area contributed by atoms with Gasteiger partial charge >= 0.3 is 5.97 Å². The van der Waals surface area contributed by atoms with Crippen molar-refractivity contribution in [3.63, 3.8) is 0 Å². The molecule has 4 nitrogen and oxygen atoms in total. The van der Waals surface area contributed by atoms with Crippen molar-refractivity contribution in [2.45, 2.75) is 25.5 Å². The van der Waals surface area contributed by atoms with Crippen LogP contribution in [0.25, 0.3) is 0 Å². The van der Waals surface area contributed by atoms with Crippen LogP contribution >= 0.6 is 11.8 Å². The highest BCUT2D eigenvalue weighted by atomic mass is 32.2. The number of nitrogens with one attached hydrogen (secondary N) is 1. The number of hydrogen-bond acceptors (Lipinski definition) is 3. The molecule has 0 spiro atoms. The number of thioether (sulfide) groups is 1. The van der Waals surface area contributed by atoms with Crippen molar-refractivity contribution in [3.05, 3.63) is 0 Å². The Morgan fingerprint density at radius 2 is 2.00 bits per heavy atom. The normalized spacial score (nSPS) is 13.4. The van der Waals surface area contributed by atoms with E-state index in [1.807, 2.05) is 20.1 Å². The summed E-state index contributed by atoms with van der Waals surface area (Å²) < 4.78 is -0.0616. The molecule has 14 heavy (non-hydrogen) atoms. The second kappa shape index (κ2) is 5.24. The Balaban J connectivity index is 4.03. The molecule has 0 fully saturated rings. The molecular formula is C9H17NO3S. The molecule has 1 unspecified atom stereocenters. The summed E-state index contributed by atoms with van der Waals surface area (Å²) in [5, 5.41) is 11.2. The van der Waals surface area contributed by atoms with Gasteiger partial charge in [0.15, 0.2) is 0 Å². The van der Waals surface area contributed by atoms with Gasteiger partial charge in [0, 0.05) is 11.3 Å². The lowest BCUT2D eigenvalue weighted by molar-refractivity contribution is -0.146. The Labute approximate surface area is 88.4 Å². The average molecular weight is 219 g/mol. The lowest BCUT2D eigenvalue weighted by Gasteiger charge is -2.22. The molecule has 0 aromatic rings. The molecule has 0 saturated carbocycles. The first-order valence-corrected chi connectivity index (χ1v) is 5.58. The van der Waals surface area contributed by atoms with E-state index in [1.54, 1.807) is 11.8 Å². The summed E-state index contributed by atoms with van der Waals surface area (Å²) in [6, 6.07) is 0. The maximum Gasteiger partial charge on any atom is 0.315 e. The number of rotatable bonds is 5. The van der Waals surface area contributed by atoms with E-state index in [-0.39, 0.29) is 4.75 Å². The van der Waals surface area contributed by atoms with Gasteiger partial charge in [0.1, 0.15) is 5.92 Å². The van der Waals surface area contributed by atoms with E-state index in [0.717, 1.165) is 0 Å². The Kier molecular flexibility index (Phi) is 4.97. The van der Waals surface area contributed by atoms with Crippen LogP contribution in [0.5, 0.6) is 0 Å². The smallest absolute Gasteiger partial charge is 0.315 e. The van der Waals surface area contributed by atoms with Gasteiger partial charge in [-0.15, -0.1) is 0 Å². The van der Waals surface area contributed by atoms with Crippen LogP contribution in [0.3, 0.4) is 0 Å². The number of carbonyl (C=O) groups is 2. The van der Waals surface area contributed by atoms with Crippen LogP contribution in [-0.4, -0.2) is 34.5 Å². The van der Waals surface area contributed by atoms with Crippen molar-refractivity contribution >= 4 is 23.6 Å². The van der Waals surface area contributed by atoms with Crippen molar-refractivity contribution in [1.82, 2.24) is 5.32 Å². The van der Waals surface area contributed by atoms with Gasteiger partial charge in [-0.05, 0) is 27.0 Å². The van der Waals surface area contributed by atoms with E-state index in [1.165, 1.54) is 6.92 Å². The van der Waals surface area contributed by atoms with E-state index in [0.29, 0.717) is 6.54 Å². The topological polar surface area (TPSA) is 66.4 Å². The molecule has 0 aliphatic heterocycles. The summed E-state index contributed by atoms with van der Waals surface area (Å²) in [4.78, 5) is 21.7. The second-order valence-corrected chi connectivity index (χ2v) is 5.25. The third-order valence-electron chi connectivity index (χ3n) is 2.00. The molecule has 0 radical (unpaired) electrons. The fourth-order valence-electron chi connectivity index (χ4n) is 0.637. The first-order chi connectivity index (χ1) is 6.30. The molecule has 0 aromatic carbocycles. The van der Waals surface area contributed by atoms with Crippen LogP contribution in [0.15, 0.2) is 0 Å². The lowest BCUT2D eigenvalue weighted by Crippen LogP contribution is -2.40. The highest BCUT2D eigenvalue weighted by Gasteiger charge is 2.23. The van der Waals surface area contributed by atoms with Crippen LogP contribution in [-0.2, 0) is 9.59 Å². The number of aliphatic carboxylic acids is 1. The summed E-state index contributed by atoms with van der Waals surface area (Å²) in [5.74, 6) is -2.50. The number of carboxylic acid groups (broad SMARTS) is 1. The molecule has 82 valence electrons. The van der Waals surface area contributed by atoms with Gasteiger partial charge < -0.3 is 10.4 Å². The number of carboxylic acids is 1. The quantitative estimate of drug-likeness (QED) is 0.676. The first kappa shape index (κ1) is 13.3. The fourth-order valence-corrected chi connectivity index (χ4v) is 0.854. The van der Waals surface area contributed by atoms with Crippen molar-refractivity contribution in [1.29, 1.82) is 0 Å². The van der Waals surface area contributed by atoms with Crippen LogP contribution in [0.2, 0.25) is 0 Å². The number of hydrogen-bond donors (Lipinski definition) is 2. The minimum absolute atomic E-state index is 0.0616. The monoisotopic (exact) mass is 219 g/mol. The third-order valence-corrected chi connectivity index (χ3v) is 3.25. The number of carbonyl (C=O) groups excluding carboxylic acids is 1. The second-order valence-electron chi connectivity index (χ2n) is 3.74. The lowest BCUT2D eigenvalue weighted by atomic mass is 10.1. The van der Waals surface area contributed by atoms with Gasteiger partial charge in [-0.1, -0.05) is 0 Å². The first-order valence-electron chi connectivity index (χ1n) is 4.36. The van der Waals surface area contributed by atoms with Gasteiger partial charge in [0.25, 0.3) is 0 Å². The molecular weight excluding hydrogens is 202 g/mol. The van der Waals surface area contributed by atoms with Gasteiger partial charge in [-0.3, -0.25) is 9.59 Å². The van der Waals surface area contributed by atoms with Gasteiger partial charge in [-0.2, -0.15) is 11.8 Å². The predicted octanol–water partition coefficient (Wildman–Crippen LogP) is 0.965. The van der Waals surface area contributed by atoms with E-state index in [2.05, 4.69) is 5.32 Å². The van der Waals surface area contributed by atoms with Crippen molar-refractivity contribution < 1.29 is 14.7 Å². The summed E-state index contributed by atoms with van der Waals surface area (Å²) >= 11 is 1.63. The molecule has 0 rings (SSSR count). The highest BCUT2D eigenvalue weighted by Crippen LogP contribution is 2.19. The largest absolute Gasteiger partial charge is 0.481 e. The summed E-state index contributed by atoms with van der Waals surface area (Å²) in [5.41, 5.74) is 0. The number of amides is 1. The maximum atomic E-state index is 11.2. The molecule has 1 atom stereocenters. The van der Waals surface area contributed by atoms with Crippen molar-refractivity contribution in [3.8, 4) is 0 Å². The van der Waals surface area contributed by atoms with Crippen molar-refractivity contribution in [2.75, 3.05) is 12.8 Å². The zero-order valence-electron chi connectivity index (χ0n) is 8.96. The Bertz CT molecular complexity index is 228. The highest BCUT2D eigenvalue weighted by molar-refractivity contribution is 7.99. The van der Waals surface area contributed by atoms with Crippen LogP contribution in [0.1, 0.15) is 20.8 Å². The standard InChI is InChI=1S/C9H17NO3S/c1-6(8(12)13)7(11)10-5-9(2,3)14-4/h6H,5H2,1-4H3,(H,10,11)(H,12,13). The molecule has 0 aliphatic rings. The molecule has 5 heteroatoms. The summed E-state index contributed by atoms with van der Waals surface area (Å²) in [6.45, 7) is 5.83. The summed E-state index contributed by atoms with van der Waals surface area (Å²) in [7, 11) is 0. The molecule has 0 heterocycles. The molecule has 0 aromatic heterocycles. The molecule has 0 saturated heterocycles. The summed E-state index contributed by atoms with van der Waals surface area (Å²) in [6.07, 6.45) is 1.95. The Hall–Kier alpha value is -0.710. The van der Waals surface area contributed by atoms with Crippen LogP contribution < -0.4 is 5.32 Å². The zero-order valence-corrected chi connectivity index (χ0v) is 9.77. The molecule has 1 amide bonds. The SMILES string of the molecule is CSC(C)(C)CNC(=O)C(C)C(=O)O. The van der Waals surface area contributed by atoms with Crippen LogP contribution in [0, 0.1) is 5.92 Å². The van der Waals surface area contributed by atoms with Crippen LogP contribution in [0.4, 0.5) is 0 Å². The zero-order chi connectivity index (χ0) is 11.4. The van der Waals surface area contributed by atoms with Gasteiger partial charge in [0.05, 0.1) is 0 Å². The Morgan fingerprint density at radius 3 is 2.36 bits per heavy atom. The van der Waals surface area contributed by atoms with E-state index >= 15 is 0 Å². The average Bonchev–Trinajstić information content (AvgIpc) is 2.13. The minimum Gasteiger partial charge on any atom is -0.481 e. The maximum absolute atomic E-state index is 11.2. The molecule has 2 N–H and O–H groups in total. The van der Waals surface area contributed by atoms with Gasteiger partial charge in [-0.25, -0.2) is 0 Å². The molecule has 0 aliphatic carbocycles. The fraction of sp³-hybridized carbons (Fsp3) is 0.778. The minimum atomic E-state index is -1.09. The Morgan fingerprint density at radius 1 is 1.50 bits per heavy atom. The third kappa shape index (κ3) is 4.50. The van der Waals surface area contributed by atoms with Gasteiger partial charge in [0.2, 0.25) is 5.91 Å². The van der Waals surface area contributed by atoms with Crippen molar-refractivity contribution in [2.24, 2.45) is 5.92 Å². The van der Waals surface area contributed by atoms with E-state index < -0.39 is 17.8 Å². The van der Waals surface area contributed by atoms with E-state index in [4.69, 9.17) is 5.11 Å². The molecule has 0 bridgehead atoms. The predicted molar refractivity (Wildman–Crippen MR) is 57.4 cm³/mol. The van der Waals surface area contributed by atoms with E-state index in [9.17, 15) is 9.59 Å².